The van der Waals surface area contributed by atoms with Gasteiger partial charge in [-0.3, -0.25) is 4.79 Å². The summed E-state index contributed by atoms with van der Waals surface area (Å²) >= 11 is 0. The van der Waals surface area contributed by atoms with Crippen LogP contribution in [0.2, 0.25) is 0 Å². The third kappa shape index (κ3) is 3.52. The number of methoxy groups -OCH3 is 1. The largest absolute Gasteiger partial charge is 0.496 e. The van der Waals surface area contributed by atoms with Gasteiger partial charge in [0.1, 0.15) is 11.3 Å². The van der Waals surface area contributed by atoms with Crippen molar-refractivity contribution < 1.29 is 14.1 Å². The maximum absolute atomic E-state index is 13.1. The Morgan fingerprint density at radius 2 is 1.82 bits per heavy atom. The van der Waals surface area contributed by atoms with Crippen LogP contribution in [-0.2, 0) is 0 Å². The molecule has 0 aliphatic carbocycles. The van der Waals surface area contributed by atoms with Crippen LogP contribution < -0.4 is 4.74 Å². The monoisotopic (exact) mass is 376 g/mol. The fraction of sp³-hybridized carbons (Fsp3) is 0.304. The second-order valence-corrected chi connectivity index (χ2v) is 7.24. The summed E-state index contributed by atoms with van der Waals surface area (Å²) in [4.78, 5) is 15.0. The highest BCUT2D eigenvalue weighted by molar-refractivity contribution is 5.99. The van der Waals surface area contributed by atoms with Crippen molar-refractivity contribution in [2.45, 2.75) is 25.7 Å². The maximum Gasteiger partial charge on any atom is 0.259 e. The van der Waals surface area contributed by atoms with Gasteiger partial charge in [0, 0.05) is 18.7 Å². The zero-order valence-electron chi connectivity index (χ0n) is 16.2. The quantitative estimate of drug-likeness (QED) is 0.663. The lowest BCUT2D eigenvalue weighted by molar-refractivity contribution is 0.0713. The van der Waals surface area contributed by atoms with Gasteiger partial charge >= 0.3 is 0 Å². The molecule has 5 nitrogen and oxygen atoms in total. The number of para-hydroxylation sites is 1. The molecule has 0 radical (unpaired) electrons. The van der Waals surface area contributed by atoms with E-state index in [0.29, 0.717) is 30.3 Å². The van der Waals surface area contributed by atoms with E-state index in [-0.39, 0.29) is 5.91 Å². The predicted molar refractivity (Wildman–Crippen MR) is 108 cm³/mol. The van der Waals surface area contributed by atoms with Crippen LogP contribution in [0.3, 0.4) is 0 Å². The van der Waals surface area contributed by atoms with Crippen molar-refractivity contribution in [1.29, 1.82) is 0 Å². The standard InChI is InChI=1S/C23H24N2O3/c1-16-7-9-18(10-8-16)22-20(15-24-28-22)23(26)25-13-11-17(12-14-25)19-5-3-4-6-21(19)27-2/h3-10,15,17H,11-14H2,1-2H3. The molecule has 144 valence electrons. The topological polar surface area (TPSA) is 55.6 Å². The van der Waals surface area contributed by atoms with Gasteiger partial charge in [0.05, 0.1) is 13.3 Å². The second kappa shape index (κ2) is 7.89. The predicted octanol–water partition coefficient (Wildman–Crippen LogP) is 4.68. The number of carbonyl (C=O) groups excluding carboxylic acids is 1. The van der Waals surface area contributed by atoms with Crippen LogP contribution in [0.1, 0.15) is 40.2 Å². The molecular weight excluding hydrogens is 352 g/mol. The Morgan fingerprint density at radius 3 is 2.54 bits per heavy atom. The van der Waals surface area contributed by atoms with Crippen LogP contribution in [0.5, 0.6) is 5.75 Å². The van der Waals surface area contributed by atoms with Gasteiger partial charge in [0.2, 0.25) is 0 Å². The zero-order valence-corrected chi connectivity index (χ0v) is 16.2. The fourth-order valence-electron chi connectivity index (χ4n) is 3.87. The SMILES string of the molecule is COc1ccccc1C1CCN(C(=O)c2cnoc2-c2ccc(C)cc2)CC1. The van der Waals surface area contributed by atoms with Crippen molar-refractivity contribution in [2.75, 3.05) is 20.2 Å². The smallest absolute Gasteiger partial charge is 0.259 e. The first kappa shape index (κ1) is 18.3. The number of likely N-dealkylation sites (tertiary alicyclic amines) is 1. The van der Waals surface area contributed by atoms with E-state index in [1.54, 1.807) is 7.11 Å². The lowest BCUT2D eigenvalue weighted by Gasteiger charge is -2.32. The molecule has 0 saturated carbocycles. The molecule has 0 N–H and O–H groups in total. The first-order valence-electron chi connectivity index (χ1n) is 9.61. The molecular formula is C23H24N2O3. The lowest BCUT2D eigenvalue weighted by atomic mass is 9.88. The van der Waals surface area contributed by atoms with E-state index >= 15 is 0 Å². The number of benzene rings is 2. The number of aryl methyl sites for hydroxylation is 1. The van der Waals surface area contributed by atoms with Gasteiger partial charge in [0.25, 0.3) is 5.91 Å². The van der Waals surface area contributed by atoms with E-state index in [1.807, 2.05) is 54.3 Å². The number of aromatic nitrogens is 1. The number of carbonyl (C=O) groups is 1. The Kier molecular flexibility index (Phi) is 5.15. The zero-order chi connectivity index (χ0) is 19.5. The molecule has 28 heavy (non-hydrogen) atoms. The average molecular weight is 376 g/mol. The molecule has 0 spiro atoms. The van der Waals surface area contributed by atoms with Gasteiger partial charge in [0.15, 0.2) is 5.76 Å². The molecule has 0 atom stereocenters. The Bertz CT molecular complexity index is 954. The number of hydrogen-bond acceptors (Lipinski definition) is 4. The average Bonchev–Trinajstić information content (AvgIpc) is 3.23. The second-order valence-electron chi connectivity index (χ2n) is 7.24. The normalized spacial score (nSPS) is 14.9. The molecule has 2 heterocycles. The molecule has 5 heteroatoms. The van der Waals surface area contributed by atoms with Crippen LogP contribution in [0.4, 0.5) is 0 Å². The highest BCUT2D eigenvalue weighted by atomic mass is 16.5. The molecule has 0 unspecified atom stereocenters. The fourth-order valence-corrected chi connectivity index (χ4v) is 3.87. The van der Waals surface area contributed by atoms with Gasteiger partial charge in [-0.1, -0.05) is 53.2 Å². The van der Waals surface area contributed by atoms with Crippen molar-refractivity contribution in [3.05, 3.63) is 71.4 Å². The van der Waals surface area contributed by atoms with Crippen LogP contribution in [0.15, 0.2) is 59.3 Å². The Hall–Kier alpha value is -3.08. The summed E-state index contributed by atoms with van der Waals surface area (Å²) in [6.07, 6.45) is 3.36. The number of piperidine rings is 1. The molecule has 1 fully saturated rings. The first-order valence-corrected chi connectivity index (χ1v) is 9.61. The van der Waals surface area contributed by atoms with E-state index < -0.39 is 0 Å². The third-order valence-corrected chi connectivity index (χ3v) is 5.48. The summed E-state index contributed by atoms with van der Waals surface area (Å²) < 4.78 is 10.9. The Balaban J connectivity index is 1.48. The number of hydrogen-bond donors (Lipinski definition) is 0. The summed E-state index contributed by atoms with van der Waals surface area (Å²) in [5.41, 5.74) is 3.78. The Labute approximate surface area is 164 Å². The molecule has 1 amide bonds. The van der Waals surface area contributed by atoms with Gasteiger partial charge in [-0.2, -0.15) is 0 Å². The van der Waals surface area contributed by atoms with E-state index in [0.717, 1.165) is 29.7 Å². The molecule has 4 rings (SSSR count). The van der Waals surface area contributed by atoms with Crippen LogP contribution in [-0.4, -0.2) is 36.2 Å². The number of amides is 1. The van der Waals surface area contributed by atoms with Crippen LogP contribution in [0, 0.1) is 6.92 Å². The summed E-state index contributed by atoms with van der Waals surface area (Å²) in [5.74, 6) is 1.85. The van der Waals surface area contributed by atoms with Gasteiger partial charge in [-0.15, -0.1) is 0 Å². The molecule has 3 aromatic rings. The number of nitrogens with zero attached hydrogens (tertiary/aromatic N) is 2. The van der Waals surface area contributed by atoms with Gasteiger partial charge < -0.3 is 14.2 Å². The molecule has 1 aliphatic rings. The minimum absolute atomic E-state index is 0.0182. The Morgan fingerprint density at radius 1 is 1.11 bits per heavy atom. The molecule has 2 aromatic carbocycles. The van der Waals surface area contributed by atoms with Crippen molar-refractivity contribution in [3.8, 4) is 17.1 Å². The lowest BCUT2D eigenvalue weighted by Crippen LogP contribution is -2.38. The summed E-state index contributed by atoms with van der Waals surface area (Å²) in [5, 5.41) is 3.88. The van der Waals surface area contributed by atoms with E-state index in [4.69, 9.17) is 9.26 Å². The molecule has 0 bridgehead atoms. The van der Waals surface area contributed by atoms with Crippen molar-refractivity contribution in [2.24, 2.45) is 0 Å². The van der Waals surface area contributed by atoms with Crippen LogP contribution in [0.25, 0.3) is 11.3 Å². The van der Waals surface area contributed by atoms with Crippen molar-refractivity contribution >= 4 is 5.91 Å². The van der Waals surface area contributed by atoms with Gasteiger partial charge in [-0.25, -0.2) is 0 Å². The number of ether oxygens (including phenoxy) is 1. The van der Waals surface area contributed by atoms with Crippen molar-refractivity contribution in [1.82, 2.24) is 10.1 Å². The van der Waals surface area contributed by atoms with Crippen molar-refractivity contribution in [3.63, 3.8) is 0 Å². The van der Waals surface area contributed by atoms with E-state index in [9.17, 15) is 4.79 Å². The maximum atomic E-state index is 13.1. The highest BCUT2D eigenvalue weighted by Gasteiger charge is 2.28. The molecule has 1 aliphatic heterocycles. The minimum Gasteiger partial charge on any atom is -0.496 e. The van der Waals surface area contributed by atoms with E-state index in [2.05, 4.69) is 11.2 Å². The van der Waals surface area contributed by atoms with Gasteiger partial charge in [-0.05, 0) is 37.3 Å². The highest BCUT2D eigenvalue weighted by Crippen LogP contribution is 2.35. The number of rotatable bonds is 4. The van der Waals surface area contributed by atoms with E-state index in [1.165, 1.54) is 11.8 Å². The molecule has 1 aromatic heterocycles. The molecule has 1 saturated heterocycles. The first-order chi connectivity index (χ1) is 13.7. The van der Waals surface area contributed by atoms with Crippen LogP contribution >= 0.6 is 0 Å². The summed E-state index contributed by atoms with van der Waals surface area (Å²) in [7, 11) is 1.70. The summed E-state index contributed by atoms with van der Waals surface area (Å²) in [6.45, 7) is 3.45. The minimum atomic E-state index is -0.0182. The third-order valence-electron chi connectivity index (χ3n) is 5.48. The summed E-state index contributed by atoms with van der Waals surface area (Å²) in [6, 6.07) is 16.1.